The van der Waals surface area contributed by atoms with Gasteiger partial charge in [-0.15, -0.1) is 0 Å². The predicted octanol–water partition coefficient (Wildman–Crippen LogP) is 4.08. The lowest BCUT2D eigenvalue weighted by Gasteiger charge is -2.05. The van der Waals surface area contributed by atoms with Gasteiger partial charge in [0.15, 0.2) is 0 Å². The van der Waals surface area contributed by atoms with Gasteiger partial charge >= 0.3 is 6.18 Å². The molecule has 0 aliphatic heterocycles. The number of imidazole rings is 1. The minimum absolute atomic E-state index is 0.107. The van der Waals surface area contributed by atoms with Gasteiger partial charge in [-0.1, -0.05) is 12.1 Å². The van der Waals surface area contributed by atoms with Crippen LogP contribution in [0.3, 0.4) is 0 Å². The Bertz CT molecular complexity index is 992. The van der Waals surface area contributed by atoms with E-state index >= 15 is 0 Å². The number of hydrogen-bond acceptors (Lipinski definition) is 3. The van der Waals surface area contributed by atoms with Crippen LogP contribution in [0.15, 0.2) is 54.9 Å². The Balaban J connectivity index is 1.59. The van der Waals surface area contributed by atoms with Crippen LogP contribution in [0.5, 0.6) is 5.75 Å². The maximum atomic E-state index is 12.8. The molecule has 0 saturated carbocycles. The standard InChI is InChI=1S/C20H18F3N3O2/c1-2-28-17-7-3-14(4-8-17)5-10-19(27)24-11-16-13-26-12-15(20(21,22)23)6-9-18(26)25-16/h3-10,12-13H,2,11H2,1H3,(H,24,27)/b10-5+. The highest BCUT2D eigenvalue weighted by atomic mass is 19.4. The molecule has 0 bridgehead atoms. The van der Waals surface area contributed by atoms with Crippen LogP contribution >= 0.6 is 0 Å². The lowest BCUT2D eigenvalue weighted by Crippen LogP contribution is -2.20. The van der Waals surface area contributed by atoms with Crippen molar-refractivity contribution in [3.8, 4) is 5.75 Å². The van der Waals surface area contributed by atoms with Gasteiger partial charge in [-0.05, 0) is 42.8 Å². The number of pyridine rings is 1. The van der Waals surface area contributed by atoms with E-state index in [1.54, 1.807) is 6.08 Å². The molecule has 0 fully saturated rings. The highest BCUT2D eigenvalue weighted by Gasteiger charge is 2.30. The number of amides is 1. The molecule has 1 amide bonds. The fourth-order valence-electron chi connectivity index (χ4n) is 2.55. The van der Waals surface area contributed by atoms with Crippen molar-refractivity contribution in [2.45, 2.75) is 19.6 Å². The van der Waals surface area contributed by atoms with E-state index in [9.17, 15) is 18.0 Å². The van der Waals surface area contributed by atoms with Gasteiger partial charge in [0, 0.05) is 18.5 Å². The SMILES string of the molecule is CCOc1ccc(/C=C/C(=O)NCc2cn3cc(C(F)(F)F)ccc3n2)cc1. The van der Waals surface area contributed by atoms with Gasteiger partial charge in [0.25, 0.3) is 0 Å². The molecule has 3 aromatic rings. The maximum Gasteiger partial charge on any atom is 0.417 e. The molecular formula is C20H18F3N3O2. The van der Waals surface area contributed by atoms with Crippen molar-refractivity contribution in [1.29, 1.82) is 0 Å². The van der Waals surface area contributed by atoms with Crippen LogP contribution in [0.2, 0.25) is 0 Å². The Morgan fingerprint density at radius 1 is 1.18 bits per heavy atom. The molecule has 5 nitrogen and oxygen atoms in total. The lowest BCUT2D eigenvalue weighted by molar-refractivity contribution is -0.137. The molecule has 2 heterocycles. The Morgan fingerprint density at radius 3 is 2.61 bits per heavy atom. The number of nitrogens with one attached hydrogen (secondary N) is 1. The number of nitrogens with zero attached hydrogens (tertiary/aromatic N) is 2. The van der Waals surface area contributed by atoms with Crippen molar-refractivity contribution in [2.24, 2.45) is 0 Å². The van der Waals surface area contributed by atoms with Crippen LogP contribution in [0.1, 0.15) is 23.7 Å². The molecule has 146 valence electrons. The summed E-state index contributed by atoms with van der Waals surface area (Å²) < 4.78 is 44.9. The van der Waals surface area contributed by atoms with Crippen LogP contribution in [0.4, 0.5) is 13.2 Å². The summed E-state index contributed by atoms with van der Waals surface area (Å²) in [6.45, 7) is 2.59. The molecular weight excluding hydrogens is 371 g/mol. The van der Waals surface area contributed by atoms with Gasteiger partial charge in [0.1, 0.15) is 11.4 Å². The number of carbonyl (C=O) groups excluding carboxylic acids is 1. The first-order valence-electron chi connectivity index (χ1n) is 8.59. The second-order valence-corrected chi connectivity index (χ2v) is 5.97. The number of ether oxygens (including phenoxy) is 1. The molecule has 0 saturated heterocycles. The smallest absolute Gasteiger partial charge is 0.417 e. The van der Waals surface area contributed by atoms with Crippen LogP contribution in [-0.4, -0.2) is 21.9 Å². The number of hydrogen-bond donors (Lipinski definition) is 1. The second kappa shape index (κ2) is 8.16. The third-order valence-electron chi connectivity index (χ3n) is 3.89. The van der Waals surface area contributed by atoms with E-state index in [0.29, 0.717) is 17.9 Å². The first-order chi connectivity index (χ1) is 13.3. The average Bonchev–Trinajstić information content (AvgIpc) is 3.07. The van der Waals surface area contributed by atoms with E-state index in [2.05, 4.69) is 10.3 Å². The van der Waals surface area contributed by atoms with Gasteiger partial charge < -0.3 is 14.5 Å². The summed E-state index contributed by atoms with van der Waals surface area (Å²) in [5.41, 5.74) is 0.918. The van der Waals surface area contributed by atoms with E-state index in [1.165, 1.54) is 22.7 Å². The zero-order valence-corrected chi connectivity index (χ0v) is 15.0. The van der Waals surface area contributed by atoms with E-state index in [4.69, 9.17) is 4.74 Å². The quantitative estimate of drug-likeness (QED) is 0.647. The molecule has 8 heteroatoms. The summed E-state index contributed by atoms with van der Waals surface area (Å²) in [7, 11) is 0. The topological polar surface area (TPSA) is 55.6 Å². The number of aromatic nitrogens is 2. The minimum atomic E-state index is -4.42. The Labute approximate surface area is 159 Å². The summed E-state index contributed by atoms with van der Waals surface area (Å²) in [6.07, 6.45) is 1.05. The monoisotopic (exact) mass is 389 g/mol. The molecule has 0 unspecified atom stereocenters. The molecule has 0 radical (unpaired) electrons. The number of halogens is 3. The first kappa shape index (κ1) is 19.5. The molecule has 1 aromatic carbocycles. The van der Waals surface area contributed by atoms with Gasteiger partial charge in [-0.2, -0.15) is 13.2 Å². The second-order valence-electron chi connectivity index (χ2n) is 5.97. The summed E-state index contributed by atoms with van der Waals surface area (Å²) >= 11 is 0. The number of rotatable bonds is 6. The minimum Gasteiger partial charge on any atom is -0.494 e. The van der Waals surface area contributed by atoms with E-state index in [-0.39, 0.29) is 12.5 Å². The van der Waals surface area contributed by atoms with Gasteiger partial charge in [0.05, 0.1) is 24.4 Å². The van der Waals surface area contributed by atoms with Crippen molar-refractivity contribution < 1.29 is 22.7 Å². The summed E-state index contributed by atoms with van der Waals surface area (Å²) in [5, 5.41) is 2.66. The van der Waals surface area contributed by atoms with E-state index in [0.717, 1.165) is 23.6 Å². The zero-order valence-electron chi connectivity index (χ0n) is 15.0. The first-order valence-corrected chi connectivity index (χ1v) is 8.59. The van der Waals surface area contributed by atoms with Crippen molar-refractivity contribution in [2.75, 3.05) is 6.61 Å². The highest BCUT2D eigenvalue weighted by molar-refractivity contribution is 5.91. The number of alkyl halides is 3. The molecule has 1 N–H and O–H groups in total. The van der Waals surface area contributed by atoms with Gasteiger partial charge in [-0.25, -0.2) is 4.98 Å². The van der Waals surface area contributed by atoms with Crippen LogP contribution in [0.25, 0.3) is 11.7 Å². The normalized spacial score (nSPS) is 11.9. The molecule has 0 spiro atoms. The van der Waals surface area contributed by atoms with Crippen molar-refractivity contribution >= 4 is 17.6 Å². The number of carbonyl (C=O) groups is 1. The van der Waals surface area contributed by atoms with E-state index in [1.807, 2.05) is 31.2 Å². The number of fused-ring (bicyclic) bond motifs is 1. The highest BCUT2D eigenvalue weighted by Crippen LogP contribution is 2.29. The molecule has 3 rings (SSSR count). The van der Waals surface area contributed by atoms with Gasteiger partial charge in [0.2, 0.25) is 5.91 Å². The summed E-state index contributed by atoms with van der Waals surface area (Å²) in [5.74, 6) is 0.423. The Morgan fingerprint density at radius 2 is 1.93 bits per heavy atom. The molecule has 0 aliphatic rings. The van der Waals surface area contributed by atoms with Crippen molar-refractivity contribution in [3.05, 3.63) is 71.7 Å². The fraction of sp³-hybridized carbons (Fsp3) is 0.200. The summed E-state index contributed by atoms with van der Waals surface area (Å²) in [4.78, 5) is 16.2. The van der Waals surface area contributed by atoms with E-state index < -0.39 is 11.7 Å². The zero-order chi connectivity index (χ0) is 20.1. The number of benzene rings is 1. The van der Waals surface area contributed by atoms with Crippen LogP contribution < -0.4 is 10.1 Å². The largest absolute Gasteiger partial charge is 0.494 e. The molecule has 0 atom stereocenters. The molecule has 2 aromatic heterocycles. The third-order valence-corrected chi connectivity index (χ3v) is 3.89. The van der Waals surface area contributed by atoms with Gasteiger partial charge in [-0.3, -0.25) is 4.79 Å². The van der Waals surface area contributed by atoms with Crippen molar-refractivity contribution in [3.63, 3.8) is 0 Å². The maximum absolute atomic E-state index is 12.8. The predicted molar refractivity (Wildman–Crippen MR) is 98.7 cm³/mol. The third kappa shape index (κ3) is 4.91. The van der Waals surface area contributed by atoms with Crippen molar-refractivity contribution in [1.82, 2.24) is 14.7 Å². The Hall–Kier alpha value is -3.29. The average molecular weight is 389 g/mol. The fourth-order valence-corrected chi connectivity index (χ4v) is 2.55. The summed E-state index contributed by atoms with van der Waals surface area (Å²) in [6, 6.07) is 9.55. The van der Waals surface area contributed by atoms with Crippen LogP contribution in [-0.2, 0) is 17.5 Å². The lowest BCUT2D eigenvalue weighted by atomic mass is 10.2. The Kier molecular flexibility index (Phi) is 5.67. The molecule has 0 aliphatic carbocycles. The molecule has 28 heavy (non-hydrogen) atoms. The van der Waals surface area contributed by atoms with Crippen LogP contribution in [0, 0.1) is 0 Å².